The number of aromatic nitrogens is 6. The number of rotatable bonds is 12. The van der Waals surface area contributed by atoms with Gasteiger partial charge in [-0.05, 0) is 132 Å². The number of hydrogen-bond donors (Lipinski definition) is 3. The molecule has 6 aromatic heterocycles. The molecule has 0 spiro atoms. The number of amides is 3. The number of carbonyl (C=O) groups excluding carboxylic acids is 3. The molecule has 2 aliphatic heterocycles. The molecule has 3 fully saturated rings. The summed E-state index contributed by atoms with van der Waals surface area (Å²) in [6.45, 7) is 5.05. The Labute approximate surface area is 441 Å². The summed E-state index contributed by atoms with van der Waals surface area (Å²) in [7, 11) is 0. The first kappa shape index (κ1) is 50.4. The number of hydrogen-bond acceptors (Lipinski definition) is 11. The van der Waals surface area contributed by atoms with Gasteiger partial charge in [-0.15, -0.1) is 0 Å². The van der Waals surface area contributed by atoms with Gasteiger partial charge in [-0.3, -0.25) is 29.3 Å². The van der Waals surface area contributed by atoms with E-state index in [4.69, 9.17) is 9.47 Å². The zero-order valence-corrected chi connectivity index (χ0v) is 41.9. The SMILES string of the molecule is Cc1ccc(C(=O)Nc2ccc(-c3cccc(C4COC4)c3)cn2)cn1.O=C(Nc1ccc(-c2cccc(C3CCC3)c2)cn1)c1cccnc1.O=C(Nc1ccc(-c2cccc(C3COC3)c2)cn1)c1cccnc1. The first-order valence-electron chi connectivity index (χ1n) is 25.3. The maximum atomic E-state index is 12.2. The Morgan fingerprint density at radius 2 is 0.816 bits per heavy atom. The molecule has 1 saturated carbocycles. The molecule has 8 heterocycles. The fourth-order valence-corrected chi connectivity index (χ4v) is 8.59. The van der Waals surface area contributed by atoms with E-state index in [1.807, 2.05) is 49.4 Å². The molecule has 2 saturated heterocycles. The molecule has 14 heteroatoms. The first-order chi connectivity index (χ1) is 37.3. The standard InChI is InChI=1S/C21H19N3O2.C21H19N3O.C20H17N3O2/c1-14-5-6-18(11-22-14)21(25)24-20-8-7-17(10-23-20)15-3-2-4-16(9-15)19-12-26-13-19;25-21(19-8-3-11-22-13-19)24-20-10-9-18(14-23-20)17-7-2-6-16(12-17)15-4-1-5-15;24-20(17-5-2-8-21-10-17)23-19-7-6-16(11-22-19)14-3-1-4-15(9-14)18-12-25-13-18/h2-11,19H,12-13H2,1H3,(H,23,24,25);2-3,6-15H,1,4-5H2,(H,23,24,25);1-11,18H,12-13H2,(H,22,23,24). The van der Waals surface area contributed by atoms with Crippen LogP contribution in [0.4, 0.5) is 17.5 Å². The molecule has 378 valence electrons. The fourth-order valence-electron chi connectivity index (χ4n) is 8.59. The normalized spacial score (nSPS) is 13.9. The summed E-state index contributed by atoms with van der Waals surface area (Å²) in [6, 6.07) is 47.4. The third-order valence-electron chi connectivity index (χ3n) is 13.5. The highest BCUT2D eigenvalue weighted by molar-refractivity contribution is 6.04. The summed E-state index contributed by atoms with van der Waals surface area (Å²) in [5, 5.41) is 8.37. The summed E-state index contributed by atoms with van der Waals surface area (Å²) in [5.74, 6) is 2.61. The van der Waals surface area contributed by atoms with Gasteiger partial charge >= 0.3 is 0 Å². The minimum absolute atomic E-state index is 0.208. The molecule has 3 N–H and O–H groups in total. The van der Waals surface area contributed by atoms with Gasteiger partial charge in [0.2, 0.25) is 0 Å². The van der Waals surface area contributed by atoms with Crippen molar-refractivity contribution in [1.29, 1.82) is 0 Å². The molecular formula is C62H55N9O5. The molecule has 12 rings (SSSR count). The molecule has 9 aromatic rings. The van der Waals surface area contributed by atoms with Gasteiger partial charge in [0.05, 0.1) is 43.1 Å². The largest absolute Gasteiger partial charge is 0.380 e. The van der Waals surface area contributed by atoms with Crippen molar-refractivity contribution in [2.24, 2.45) is 0 Å². The van der Waals surface area contributed by atoms with Crippen LogP contribution < -0.4 is 16.0 Å². The van der Waals surface area contributed by atoms with Crippen molar-refractivity contribution in [2.75, 3.05) is 42.4 Å². The number of aryl methyl sites for hydroxylation is 1. The summed E-state index contributed by atoms with van der Waals surface area (Å²) >= 11 is 0. The molecule has 1 aliphatic carbocycles. The molecule has 0 atom stereocenters. The van der Waals surface area contributed by atoms with E-state index in [0.29, 0.717) is 51.9 Å². The second kappa shape index (κ2) is 24.3. The van der Waals surface area contributed by atoms with E-state index in [-0.39, 0.29) is 17.7 Å². The van der Waals surface area contributed by atoms with Gasteiger partial charge < -0.3 is 25.4 Å². The van der Waals surface area contributed by atoms with Gasteiger partial charge in [0.1, 0.15) is 17.5 Å². The topological polar surface area (TPSA) is 183 Å². The lowest BCUT2D eigenvalue weighted by Gasteiger charge is -2.26. The smallest absolute Gasteiger partial charge is 0.258 e. The van der Waals surface area contributed by atoms with Crippen molar-refractivity contribution in [3.63, 3.8) is 0 Å². The lowest BCUT2D eigenvalue weighted by molar-refractivity contribution is 0.00839. The molecule has 0 bridgehead atoms. The monoisotopic (exact) mass is 1010 g/mol. The number of anilines is 3. The predicted molar refractivity (Wildman–Crippen MR) is 294 cm³/mol. The van der Waals surface area contributed by atoms with Gasteiger partial charge in [0.15, 0.2) is 0 Å². The minimum Gasteiger partial charge on any atom is -0.380 e. The summed E-state index contributed by atoms with van der Waals surface area (Å²) < 4.78 is 10.5. The molecule has 0 radical (unpaired) electrons. The van der Waals surface area contributed by atoms with E-state index in [1.165, 1.54) is 53.9 Å². The zero-order chi connectivity index (χ0) is 52.1. The lowest BCUT2D eigenvalue weighted by atomic mass is 9.79. The van der Waals surface area contributed by atoms with Gasteiger partial charge in [-0.2, -0.15) is 0 Å². The third kappa shape index (κ3) is 13.0. The highest BCUT2D eigenvalue weighted by Crippen LogP contribution is 2.38. The van der Waals surface area contributed by atoms with Crippen LogP contribution in [0.25, 0.3) is 33.4 Å². The highest BCUT2D eigenvalue weighted by atomic mass is 16.5. The van der Waals surface area contributed by atoms with Crippen LogP contribution in [0.3, 0.4) is 0 Å². The van der Waals surface area contributed by atoms with Crippen molar-refractivity contribution >= 4 is 35.2 Å². The summed E-state index contributed by atoms with van der Waals surface area (Å²) in [6.07, 6.45) is 17.2. The van der Waals surface area contributed by atoms with E-state index in [1.54, 1.807) is 67.5 Å². The van der Waals surface area contributed by atoms with Crippen LogP contribution in [0.1, 0.15) is 90.5 Å². The summed E-state index contributed by atoms with van der Waals surface area (Å²) in [4.78, 5) is 61.6. The Hall–Kier alpha value is -9.11. The molecule has 76 heavy (non-hydrogen) atoms. The molecule has 3 aliphatic rings. The van der Waals surface area contributed by atoms with Crippen LogP contribution in [-0.2, 0) is 9.47 Å². The Bertz CT molecular complexity index is 3240. The average Bonchev–Trinajstić information content (AvgIpc) is 3.41. The molecular weight excluding hydrogens is 951 g/mol. The third-order valence-corrected chi connectivity index (χ3v) is 13.5. The molecule has 3 aromatic carbocycles. The molecule has 0 unspecified atom stereocenters. The second-order valence-corrected chi connectivity index (χ2v) is 18.8. The number of benzene rings is 3. The van der Waals surface area contributed by atoms with Crippen molar-refractivity contribution in [1.82, 2.24) is 29.9 Å². The van der Waals surface area contributed by atoms with Crippen molar-refractivity contribution in [3.05, 3.63) is 234 Å². The van der Waals surface area contributed by atoms with Gasteiger partial charge in [-0.25, -0.2) is 15.0 Å². The van der Waals surface area contributed by atoms with Crippen LogP contribution in [0.15, 0.2) is 195 Å². The van der Waals surface area contributed by atoms with Crippen LogP contribution in [-0.4, -0.2) is 74.1 Å². The maximum absolute atomic E-state index is 12.2. The van der Waals surface area contributed by atoms with Gasteiger partial charge in [-0.1, -0.05) is 79.2 Å². The molecule has 14 nitrogen and oxygen atoms in total. The van der Waals surface area contributed by atoms with Crippen LogP contribution in [0, 0.1) is 6.92 Å². The van der Waals surface area contributed by atoms with Crippen LogP contribution in [0.2, 0.25) is 0 Å². The van der Waals surface area contributed by atoms with Crippen molar-refractivity contribution in [3.8, 4) is 33.4 Å². The number of pyridine rings is 6. The molecule has 3 amide bonds. The van der Waals surface area contributed by atoms with E-state index in [9.17, 15) is 14.4 Å². The van der Waals surface area contributed by atoms with Gasteiger partial charge in [0.25, 0.3) is 17.7 Å². The fraction of sp³-hybridized carbons (Fsp3) is 0.177. The quantitative estimate of drug-likeness (QED) is 0.106. The van der Waals surface area contributed by atoms with Crippen molar-refractivity contribution < 1.29 is 23.9 Å². The Morgan fingerprint density at radius 3 is 1.12 bits per heavy atom. The van der Waals surface area contributed by atoms with Crippen LogP contribution in [0.5, 0.6) is 0 Å². The Morgan fingerprint density at radius 1 is 0.408 bits per heavy atom. The highest BCUT2D eigenvalue weighted by Gasteiger charge is 2.22. The first-order valence-corrected chi connectivity index (χ1v) is 25.3. The Kier molecular flexibility index (Phi) is 16.1. The number of nitrogens with zero attached hydrogens (tertiary/aromatic N) is 6. The van der Waals surface area contributed by atoms with E-state index in [2.05, 4.69) is 119 Å². The number of carbonyl (C=O) groups is 3. The summed E-state index contributed by atoms with van der Waals surface area (Å²) in [5.41, 5.74) is 12.9. The van der Waals surface area contributed by atoms with E-state index < -0.39 is 0 Å². The minimum atomic E-state index is -0.222. The maximum Gasteiger partial charge on any atom is 0.258 e. The average molecular weight is 1010 g/mol. The number of ether oxygens (including phenoxy) is 2. The predicted octanol–water partition coefficient (Wildman–Crippen LogP) is 12.0. The lowest BCUT2D eigenvalue weighted by Crippen LogP contribution is -2.24. The zero-order valence-electron chi connectivity index (χ0n) is 41.9. The second-order valence-electron chi connectivity index (χ2n) is 18.8. The van der Waals surface area contributed by atoms with E-state index in [0.717, 1.165) is 59.9 Å². The number of nitrogens with one attached hydrogen (secondary N) is 3. The van der Waals surface area contributed by atoms with E-state index >= 15 is 0 Å². The van der Waals surface area contributed by atoms with Gasteiger partial charge in [0, 0.05) is 83.8 Å². The van der Waals surface area contributed by atoms with Crippen molar-refractivity contribution in [2.45, 2.75) is 43.9 Å². The Balaban J connectivity index is 0.000000130. The van der Waals surface area contributed by atoms with Crippen LogP contribution >= 0.6 is 0 Å².